The van der Waals surface area contributed by atoms with Crippen molar-refractivity contribution in [2.75, 3.05) is 0 Å². The molecule has 0 radical (unpaired) electrons. The van der Waals surface area contributed by atoms with Crippen LogP contribution < -0.4 is 5.43 Å². The number of nitrogens with one attached hydrogen (secondary N) is 1. The van der Waals surface area contributed by atoms with Gasteiger partial charge in [0.05, 0.1) is 15.0 Å². The van der Waals surface area contributed by atoms with Gasteiger partial charge in [-0.3, -0.25) is 15.0 Å². The lowest BCUT2D eigenvalue weighted by atomic mass is 10.2. The Balaban J connectivity index is 1.59. The molecule has 3 aromatic rings. The molecule has 1 saturated heterocycles. The standard InChI is InChI=1S/C23H16Cl3N3O2S2/c1-12-9-15(13(2)28(12)17-7-8-18(25)19(26)11-17)10-20-22(31)29(23(32)33-20)27-21(30)14-3-5-16(24)6-4-14/h3-11H,1-2H3,(H,27,30)/b20-10-. The lowest BCUT2D eigenvalue weighted by molar-refractivity contribution is -0.123. The van der Waals surface area contributed by atoms with E-state index in [1.54, 1.807) is 42.5 Å². The first-order valence-corrected chi connectivity index (χ1v) is 12.0. The van der Waals surface area contributed by atoms with Crippen LogP contribution >= 0.6 is 58.8 Å². The Kier molecular flexibility index (Phi) is 6.88. The Morgan fingerprint density at radius 3 is 2.39 bits per heavy atom. The third-order valence-corrected chi connectivity index (χ3v) is 7.32. The molecular weight excluding hydrogens is 521 g/mol. The highest BCUT2D eigenvalue weighted by atomic mass is 35.5. The summed E-state index contributed by atoms with van der Waals surface area (Å²) in [6.45, 7) is 3.91. The third-order valence-electron chi connectivity index (χ3n) is 5.03. The highest BCUT2D eigenvalue weighted by Gasteiger charge is 2.34. The van der Waals surface area contributed by atoms with Gasteiger partial charge in [-0.15, -0.1) is 0 Å². The Hall–Kier alpha value is -2.29. The average Bonchev–Trinajstić information content (AvgIpc) is 3.20. The number of hydrogen-bond acceptors (Lipinski definition) is 4. The molecule has 2 aromatic carbocycles. The zero-order chi connectivity index (χ0) is 23.9. The van der Waals surface area contributed by atoms with Crippen LogP contribution in [0.15, 0.2) is 53.4 Å². The van der Waals surface area contributed by atoms with Crippen molar-refractivity contribution in [3.8, 4) is 5.69 Å². The van der Waals surface area contributed by atoms with E-state index in [1.165, 1.54) is 0 Å². The van der Waals surface area contributed by atoms with Gasteiger partial charge in [-0.1, -0.05) is 46.6 Å². The second kappa shape index (κ2) is 9.52. The van der Waals surface area contributed by atoms with Crippen molar-refractivity contribution in [3.63, 3.8) is 0 Å². The number of rotatable bonds is 4. The number of halogens is 3. The number of thiocarbonyl (C=S) groups is 1. The molecule has 2 amide bonds. The van der Waals surface area contributed by atoms with Crippen LogP contribution in [0.1, 0.15) is 27.3 Å². The van der Waals surface area contributed by atoms with E-state index in [4.69, 9.17) is 47.0 Å². The van der Waals surface area contributed by atoms with Crippen molar-refractivity contribution in [1.82, 2.24) is 15.0 Å². The average molecular weight is 537 g/mol. The minimum Gasteiger partial charge on any atom is -0.318 e. The fourth-order valence-corrected chi connectivity index (χ4v) is 5.02. The Morgan fingerprint density at radius 1 is 1.03 bits per heavy atom. The van der Waals surface area contributed by atoms with Crippen LogP contribution in [0, 0.1) is 13.8 Å². The number of carbonyl (C=O) groups is 2. The van der Waals surface area contributed by atoms with E-state index >= 15 is 0 Å². The van der Waals surface area contributed by atoms with E-state index in [0.29, 0.717) is 25.5 Å². The summed E-state index contributed by atoms with van der Waals surface area (Å²) in [5.74, 6) is -0.853. The number of aromatic nitrogens is 1. The Morgan fingerprint density at radius 2 is 1.73 bits per heavy atom. The molecule has 2 heterocycles. The summed E-state index contributed by atoms with van der Waals surface area (Å²) in [6.07, 6.45) is 1.77. The first kappa shape index (κ1) is 23.9. The van der Waals surface area contributed by atoms with Gasteiger partial charge in [-0.2, -0.15) is 5.01 Å². The number of hydrazine groups is 1. The van der Waals surface area contributed by atoms with Gasteiger partial charge in [0, 0.05) is 27.7 Å². The Labute approximate surface area is 215 Å². The maximum absolute atomic E-state index is 13.0. The quantitative estimate of drug-likeness (QED) is 0.301. The third kappa shape index (κ3) is 4.83. The summed E-state index contributed by atoms with van der Waals surface area (Å²) in [4.78, 5) is 25.9. The van der Waals surface area contributed by atoms with Gasteiger partial charge >= 0.3 is 0 Å². The molecule has 0 atom stereocenters. The van der Waals surface area contributed by atoms with Crippen LogP contribution in [0.2, 0.25) is 15.1 Å². The number of nitrogens with zero attached hydrogens (tertiary/aromatic N) is 2. The minimum absolute atomic E-state index is 0.242. The van der Waals surface area contributed by atoms with Crippen LogP contribution in [-0.4, -0.2) is 25.7 Å². The molecule has 1 aliphatic heterocycles. The number of amides is 2. The van der Waals surface area contributed by atoms with Gasteiger partial charge in [0.25, 0.3) is 11.8 Å². The lowest BCUT2D eigenvalue weighted by Crippen LogP contribution is -2.44. The molecule has 33 heavy (non-hydrogen) atoms. The summed E-state index contributed by atoms with van der Waals surface area (Å²) in [6, 6.07) is 13.7. The molecule has 1 aromatic heterocycles. The predicted octanol–water partition coefficient (Wildman–Crippen LogP) is 6.60. The SMILES string of the molecule is Cc1cc(/C=C2\SC(=S)N(NC(=O)c3ccc(Cl)cc3)C2=O)c(C)n1-c1ccc(Cl)c(Cl)c1. The molecule has 0 bridgehead atoms. The summed E-state index contributed by atoms with van der Waals surface area (Å²) < 4.78 is 2.27. The van der Waals surface area contributed by atoms with E-state index in [0.717, 1.165) is 39.4 Å². The zero-order valence-corrected chi connectivity index (χ0v) is 21.3. The van der Waals surface area contributed by atoms with E-state index in [1.807, 2.05) is 30.5 Å². The van der Waals surface area contributed by atoms with Crippen molar-refractivity contribution in [3.05, 3.63) is 91.0 Å². The lowest BCUT2D eigenvalue weighted by Gasteiger charge is -2.15. The van der Waals surface area contributed by atoms with E-state index in [2.05, 4.69) is 5.43 Å². The molecule has 168 valence electrons. The number of thioether (sulfide) groups is 1. The van der Waals surface area contributed by atoms with Crippen molar-refractivity contribution < 1.29 is 9.59 Å². The van der Waals surface area contributed by atoms with Gasteiger partial charge in [0.2, 0.25) is 0 Å². The largest absolute Gasteiger partial charge is 0.318 e. The summed E-state index contributed by atoms with van der Waals surface area (Å²) in [5, 5.41) is 2.53. The molecule has 5 nitrogen and oxygen atoms in total. The van der Waals surface area contributed by atoms with Crippen molar-refractivity contribution in [2.24, 2.45) is 0 Å². The topological polar surface area (TPSA) is 54.3 Å². The normalized spacial score (nSPS) is 14.9. The van der Waals surface area contributed by atoms with E-state index < -0.39 is 11.8 Å². The molecule has 0 spiro atoms. The van der Waals surface area contributed by atoms with Gasteiger partial charge in [-0.05, 0) is 86.2 Å². The summed E-state index contributed by atoms with van der Waals surface area (Å²) in [5.41, 5.74) is 6.52. The molecule has 10 heteroatoms. The van der Waals surface area contributed by atoms with Crippen LogP contribution in [-0.2, 0) is 4.79 Å². The van der Waals surface area contributed by atoms with Crippen molar-refractivity contribution in [1.29, 1.82) is 0 Å². The Bertz CT molecular complexity index is 1330. The smallest absolute Gasteiger partial charge is 0.285 e. The minimum atomic E-state index is -0.456. The first-order chi connectivity index (χ1) is 15.7. The van der Waals surface area contributed by atoms with E-state index in [-0.39, 0.29) is 4.32 Å². The van der Waals surface area contributed by atoms with Crippen LogP contribution in [0.25, 0.3) is 11.8 Å². The van der Waals surface area contributed by atoms with Gasteiger partial charge in [0.1, 0.15) is 0 Å². The van der Waals surface area contributed by atoms with Gasteiger partial charge < -0.3 is 4.57 Å². The van der Waals surface area contributed by atoms with Crippen molar-refractivity contribution >= 4 is 81.0 Å². The van der Waals surface area contributed by atoms with Gasteiger partial charge in [-0.25, -0.2) is 0 Å². The van der Waals surface area contributed by atoms with Gasteiger partial charge in [0.15, 0.2) is 4.32 Å². The second-order valence-corrected chi connectivity index (χ2v) is 10.2. The monoisotopic (exact) mass is 535 g/mol. The second-order valence-electron chi connectivity index (χ2n) is 7.23. The van der Waals surface area contributed by atoms with Crippen LogP contribution in [0.5, 0.6) is 0 Å². The maximum Gasteiger partial charge on any atom is 0.285 e. The molecule has 1 fully saturated rings. The number of hydrogen-bond donors (Lipinski definition) is 1. The summed E-state index contributed by atoms with van der Waals surface area (Å²) in [7, 11) is 0. The van der Waals surface area contributed by atoms with Crippen LogP contribution in [0.3, 0.4) is 0 Å². The number of carbonyl (C=O) groups excluding carboxylic acids is 2. The predicted molar refractivity (Wildman–Crippen MR) is 139 cm³/mol. The molecule has 1 N–H and O–H groups in total. The zero-order valence-electron chi connectivity index (χ0n) is 17.4. The number of aryl methyl sites for hydroxylation is 1. The molecular formula is C23H16Cl3N3O2S2. The fraction of sp³-hybridized carbons (Fsp3) is 0.0870. The number of benzene rings is 2. The molecule has 4 rings (SSSR count). The first-order valence-electron chi connectivity index (χ1n) is 9.64. The fourth-order valence-electron chi connectivity index (χ4n) is 3.43. The molecule has 0 unspecified atom stereocenters. The summed E-state index contributed by atoms with van der Waals surface area (Å²) >= 11 is 24.6. The molecule has 1 aliphatic rings. The molecule has 0 aliphatic carbocycles. The maximum atomic E-state index is 13.0. The van der Waals surface area contributed by atoms with E-state index in [9.17, 15) is 9.59 Å². The van der Waals surface area contributed by atoms with Crippen molar-refractivity contribution in [2.45, 2.75) is 13.8 Å². The highest BCUT2D eigenvalue weighted by Crippen LogP contribution is 2.34. The highest BCUT2D eigenvalue weighted by molar-refractivity contribution is 8.26. The van der Waals surface area contributed by atoms with Crippen LogP contribution in [0.4, 0.5) is 0 Å². The molecule has 0 saturated carbocycles.